The molecule has 3 rings (SSSR count). The molecular formula is C27H29Cl2N3O5S. The number of likely N-dealkylation sites (N-methyl/N-ethyl adjacent to an activating group) is 1. The molecule has 0 bridgehead atoms. The number of ether oxygens (including phenoxy) is 1. The van der Waals surface area contributed by atoms with E-state index in [2.05, 4.69) is 5.32 Å². The zero-order valence-electron chi connectivity index (χ0n) is 21.2. The Morgan fingerprint density at radius 3 is 2.29 bits per heavy atom. The Kier molecular flexibility index (Phi) is 10.0. The van der Waals surface area contributed by atoms with Crippen LogP contribution < -0.4 is 14.4 Å². The van der Waals surface area contributed by atoms with Gasteiger partial charge in [-0.25, -0.2) is 8.42 Å². The van der Waals surface area contributed by atoms with Crippen molar-refractivity contribution >= 4 is 50.7 Å². The van der Waals surface area contributed by atoms with E-state index in [9.17, 15) is 18.0 Å². The van der Waals surface area contributed by atoms with Crippen LogP contribution in [0.4, 0.5) is 5.69 Å². The van der Waals surface area contributed by atoms with E-state index in [1.807, 2.05) is 0 Å². The van der Waals surface area contributed by atoms with E-state index in [1.54, 1.807) is 61.5 Å². The number of nitrogens with zero attached hydrogens (tertiary/aromatic N) is 2. The number of nitrogens with one attached hydrogen (secondary N) is 1. The lowest BCUT2D eigenvalue weighted by atomic mass is 10.1. The van der Waals surface area contributed by atoms with Crippen molar-refractivity contribution in [1.29, 1.82) is 0 Å². The third kappa shape index (κ3) is 6.78. The van der Waals surface area contributed by atoms with Gasteiger partial charge >= 0.3 is 0 Å². The van der Waals surface area contributed by atoms with Gasteiger partial charge in [0, 0.05) is 19.7 Å². The Morgan fingerprint density at radius 2 is 1.68 bits per heavy atom. The summed E-state index contributed by atoms with van der Waals surface area (Å²) in [5.74, 6) is -0.527. The summed E-state index contributed by atoms with van der Waals surface area (Å²) in [6.07, 6.45) is 0.303. The molecule has 0 saturated heterocycles. The molecule has 0 fully saturated rings. The van der Waals surface area contributed by atoms with Gasteiger partial charge in [0.05, 0.1) is 27.7 Å². The first-order valence-corrected chi connectivity index (χ1v) is 14.0. The van der Waals surface area contributed by atoms with Crippen LogP contribution in [0.2, 0.25) is 10.0 Å². The standard InChI is InChI=1S/C27H29Cl2N3O5S/c1-4-25(27(34)30-2)31(17-19-13-14-23(28)24(29)15-19)26(33)18-32(20-9-8-10-21(16-20)37-3)38(35,36)22-11-6-5-7-12-22/h5-16,25H,4,17-18H2,1-3H3,(H,30,34)/t25-/m1/s1. The van der Waals surface area contributed by atoms with Gasteiger partial charge in [-0.15, -0.1) is 0 Å². The molecular weight excluding hydrogens is 549 g/mol. The highest BCUT2D eigenvalue weighted by molar-refractivity contribution is 7.92. The summed E-state index contributed by atoms with van der Waals surface area (Å²) in [5, 5.41) is 3.24. The van der Waals surface area contributed by atoms with Crippen molar-refractivity contribution in [3.63, 3.8) is 0 Å². The smallest absolute Gasteiger partial charge is 0.264 e. The monoisotopic (exact) mass is 577 g/mol. The minimum Gasteiger partial charge on any atom is -0.497 e. The average Bonchev–Trinajstić information content (AvgIpc) is 2.93. The van der Waals surface area contributed by atoms with E-state index in [-0.39, 0.29) is 23.0 Å². The molecule has 0 aromatic heterocycles. The number of carbonyl (C=O) groups excluding carboxylic acids is 2. The molecule has 0 aliphatic carbocycles. The molecule has 0 spiro atoms. The van der Waals surface area contributed by atoms with Crippen LogP contribution in [0.5, 0.6) is 5.75 Å². The third-order valence-corrected chi connectivity index (χ3v) is 8.45. The fourth-order valence-corrected chi connectivity index (χ4v) is 5.68. The first-order valence-electron chi connectivity index (χ1n) is 11.8. The second-order valence-electron chi connectivity index (χ2n) is 8.33. The van der Waals surface area contributed by atoms with Crippen LogP contribution in [-0.4, -0.2) is 51.9 Å². The Balaban J connectivity index is 2.07. The SMILES string of the molecule is CC[C@H](C(=O)NC)N(Cc1ccc(Cl)c(Cl)c1)C(=O)CN(c1cccc(OC)c1)S(=O)(=O)c1ccccc1. The van der Waals surface area contributed by atoms with Gasteiger partial charge in [0.25, 0.3) is 10.0 Å². The predicted octanol–water partition coefficient (Wildman–Crippen LogP) is 4.75. The van der Waals surface area contributed by atoms with Gasteiger partial charge in [0.2, 0.25) is 11.8 Å². The number of hydrogen-bond acceptors (Lipinski definition) is 5. The quantitative estimate of drug-likeness (QED) is 0.354. The van der Waals surface area contributed by atoms with Crippen molar-refractivity contribution in [3.8, 4) is 5.75 Å². The second kappa shape index (κ2) is 13.0. The zero-order chi connectivity index (χ0) is 27.9. The van der Waals surface area contributed by atoms with Crippen LogP contribution in [0.1, 0.15) is 18.9 Å². The molecule has 3 aromatic carbocycles. The number of anilines is 1. The number of hydrogen-bond donors (Lipinski definition) is 1. The number of benzene rings is 3. The van der Waals surface area contributed by atoms with Gasteiger partial charge in [-0.2, -0.15) is 0 Å². The fraction of sp³-hybridized carbons (Fsp3) is 0.259. The van der Waals surface area contributed by atoms with Crippen LogP contribution in [-0.2, 0) is 26.2 Å². The molecule has 1 atom stereocenters. The van der Waals surface area contributed by atoms with Crippen molar-refractivity contribution in [1.82, 2.24) is 10.2 Å². The normalized spacial score (nSPS) is 11.9. The topological polar surface area (TPSA) is 96.0 Å². The van der Waals surface area contributed by atoms with E-state index >= 15 is 0 Å². The van der Waals surface area contributed by atoms with E-state index in [0.29, 0.717) is 27.8 Å². The van der Waals surface area contributed by atoms with Gasteiger partial charge in [0.15, 0.2) is 0 Å². The highest BCUT2D eigenvalue weighted by atomic mass is 35.5. The summed E-state index contributed by atoms with van der Waals surface area (Å²) in [6.45, 7) is 1.23. The molecule has 8 nitrogen and oxygen atoms in total. The second-order valence-corrected chi connectivity index (χ2v) is 11.0. The molecule has 1 N–H and O–H groups in total. The minimum atomic E-state index is -4.16. The molecule has 11 heteroatoms. The van der Waals surface area contributed by atoms with Gasteiger partial charge < -0.3 is 15.0 Å². The van der Waals surface area contributed by atoms with Crippen molar-refractivity contribution in [2.75, 3.05) is 25.0 Å². The van der Waals surface area contributed by atoms with Crippen LogP contribution >= 0.6 is 23.2 Å². The first kappa shape index (κ1) is 29.3. The predicted molar refractivity (Wildman–Crippen MR) is 149 cm³/mol. The Labute approximate surface area is 233 Å². The number of amides is 2. The van der Waals surface area contributed by atoms with Gasteiger partial charge in [-0.05, 0) is 48.4 Å². The van der Waals surface area contributed by atoms with Crippen molar-refractivity contribution in [3.05, 3.63) is 88.4 Å². The molecule has 2 amide bonds. The summed E-state index contributed by atoms with van der Waals surface area (Å²) >= 11 is 12.2. The number of halogens is 2. The van der Waals surface area contributed by atoms with Gasteiger partial charge in [-0.1, -0.05) is 60.5 Å². The highest BCUT2D eigenvalue weighted by Crippen LogP contribution is 2.28. The molecule has 0 radical (unpaired) electrons. The highest BCUT2D eigenvalue weighted by Gasteiger charge is 2.33. The van der Waals surface area contributed by atoms with Crippen LogP contribution in [0.25, 0.3) is 0 Å². The lowest BCUT2D eigenvalue weighted by Gasteiger charge is -2.33. The summed E-state index contributed by atoms with van der Waals surface area (Å²) in [7, 11) is -1.21. The Bertz CT molecular complexity index is 1390. The van der Waals surface area contributed by atoms with Crippen molar-refractivity contribution < 1.29 is 22.7 Å². The molecule has 3 aromatic rings. The molecule has 0 heterocycles. The first-order chi connectivity index (χ1) is 18.1. The van der Waals surface area contributed by atoms with Crippen LogP contribution in [0.3, 0.4) is 0 Å². The summed E-state index contributed by atoms with van der Waals surface area (Å²) in [5.41, 5.74) is 0.873. The average molecular weight is 579 g/mol. The summed E-state index contributed by atoms with van der Waals surface area (Å²) in [4.78, 5) is 28.0. The maximum atomic E-state index is 13.9. The van der Waals surface area contributed by atoms with E-state index in [1.165, 1.54) is 37.3 Å². The zero-order valence-corrected chi connectivity index (χ0v) is 23.6. The molecule has 38 heavy (non-hydrogen) atoms. The summed E-state index contributed by atoms with van der Waals surface area (Å²) in [6, 6.07) is 18.3. The molecule has 202 valence electrons. The number of rotatable bonds is 11. The Hall–Kier alpha value is -3.27. The number of carbonyl (C=O) groups is 2. The molecule has 0 aliphatic heterocycles. The van der Waals surface area contributed by atoms with Gasteiger partial charge in [-0.3, -0.25) is 13.9 Å². The van der Waals surface area contributed by atoms with E-state index in [0.717, 1.165) is 4.31 Å². The summed E-state index contributed by atoms with van der Waals surface area (Å²) < 4.78 is 33.8. The van der Waals surface area contributed by atoms with Crippen LogP contribution in [0, 0.1) is 0 Å². The molecule has 0 saturated carbocycles. The number of sulfonamides is 1. The minimum absolute atomic E-state index is 0.0129. The lowest BCUT2D eigenvalue weighted by Crippen LogP contribution is -2.51. The number of methoxy groups -OCH3 is 1. The maximum absolute atomic E-state index is 13.9. The van der Waals surface area contributed by atoms with Crippen molar-refractivity contribution in [2.24, 2.45) is 0 Å². The largest absolute Gasteiger partial charge is 0.497 e. The Morgan fingerprint density at radius 1 is 0.974 bits per heavy atom. The molecule has 0 unspecified atom stereocenters. The maximum Gasteiger partial charge on any atom is 0.264 e. The van der Waals surface area contributed by atoms with Crippen LogP contribution in [0.15, 0.2) is 77.7 Å². The van der Waals surface area contributed by atoms with Gasteiger partial charge in [0.1, 0.15) is 18.3 Å². The van der Waals surface area contributed by atoms with E-state index < -0.39 is 28.5 Å². The fourth-order valence-electron chi connectivity index (χ4n) is 3.93. The molecule has 0 aliphatic rings. The lowest BCUT2D eigenvalue weighted by molar-refractivity contribution is -0.140. The third-order valence-electron chi connectivity index (χ3n) is 5.92. The van der Waals surface area contributed by atoms with E-state index in [4.69, 9.17) is 27.9 Å². The van der Waals surface area contributed by atoms with Crippen molar-refractivity contribution in [2.45, 2.75) is 30.8 Å².